The van der Waals surface area contributed by atoms with Crippen molar-refractivity contribution in [3.05, 3.63) is 0 Å². The molecule has 20 heavy (non-hydrogen) atoms. The smallest absolute Gasteiger partial charge is 0.251 e. The van der Waals surface area contributed by atoms with Crippen molar-refractivity contribution in [2.75, 3.05) is 40.4 Å². The molecule has 0 saturated carbocycles. The summed E-state index contributed by atoms with van der Waals surface area (Å²) in [6, 6.07) is 0.448. The van der Waals surface area contributed by atoms with Crippen molar-refractivity contribution in [1.29, 1.82) is 0 Å². The van der Waals surface area contributed by atoms with Crippen LogP contribution in [0.5, 0.6) is 0 Å². The molecule has 0 aromatic rings. The Bertz CT molecular complexity index is 329. The van der Waals surface area contributed by atoms with Gasteiger partial charge in [-0.2, -0.15) is 0 Å². The van der Waals surface area contributed by atoms with Crippen LogP contribution in [0.25, 0.3) is 0 Å². The van der Waals surface area contributed by atoms with Crippen molar-refractivity contribution in [2.24, 2.45) is 5.92 Å². The third-order valence-corrected chi connectivity index (χ3v) is 4.45. The van der Waals surface area contributed by atoms with Gasteiger partial charge in [-0.05, 0) is 39.8 Å². The number of amides is 1. The molecule has 0 aliphatic carbocycles. The van der Waals surface area contributed by atoms with E-state index in [9.17, 15) is 4.79 Å². The van der Waals surface area contributed by atoms with Gasteiger partial charge in [-0.25, -0.2) is 0 Å². The van der Waals surface area contributed by atoms with Gasteiger partial charge in [-0.3, -0.25) is 4.79 Å². The molecule has 0 bridgehead atoms. The number of likely N-dealkylation sites (tertiary alicyclic amines) is 1. The van der Waals surface area contributed by atoms with Crippen molar-refractivity contribution in [3.8, 4) is 0 Å². The Morgan fingerprint density at radius 1 is 1.45 bits per heavy atom. The molecule has 2 fully saturated rings. The standard InChI is InChI=1S/C15H28N2O3/c1-11-8-17(9-14(11)16(3)4)15(18)12(2)20-10-13-6-5-7-19-13/h11-14H,5-10H2,1-4H3. The third kappa shape index (κ3) is 3.71. The van der Waals surface area contributed by atoms with Crippen LogP contribution in [0.15, 0.2) is 0 Å². The molecule has 1 amide bonds. The monoisotopic (exact) mass is 284 g/mol. The summed E-state index contributed by atoms with van der Waals surface area (Å²) in [5, 5.41) is 0. The van der Waals surface area contributed by atoms with Gasteiger partial charge in [0.1, 0.15) is 6.10 Å². The van der Waals surface area contributed by atoms with Gasteiger partial charge >= 0.3 is 0 Å². The van der Waals surface area contributed by atoms with E-state index in [0.717, 1.165) is 32.5 Å². The molecular weight excluding hydrogens is 256 g/mol. The maximum atomic E-state index is 12.4. The van der Waals surface area contributed by atoms with Crippen molar-refractivity contribution >= 4 is 5.91 Å². The second-order valence-corrected chi connectivity index (χ2v) is 6.36. The highest BCUT2D eigenvalue weighted by Crippen LogP contribution is 2.21. The van der Waals surface area contributed by atoms with E-state index in [1.54, 1.807) is 0 Å². The molecule has 2 heterocycles. The van der Waals surface area contributed by atoms with E-state index in [2.05, 4.69) is 25.9 Å². The van der Waals surface area contributed by atoms with E-state index in [4.69, 9.17) is 9.47 Å². The van der Waals surface area contributed by atoms with Gasteiger partial charge in [0.2, 0.25) is 0 Å². The Morgan fingerprint density at radius 3 is 2.75 bits per heavy atom. The van der Waals surface area contributed by atoms with Gasteiger partial charge in [0, 0.05) is 25.7 Å². The summed E-state index contributed by atoms with van der Waals surface area (Å²) in [6.45, 7) is 7.05. The number of likely N-dealkylation sites (N-methyl/N-ethyl adjacent to an activating group) is 1. The SMILES string of the molecule is CC(OCC1CCCO1)C(=O)N1CC(C)C(N(C)C)C1. The van der Waals surface area contributed by atoms with Crippen LogP contribution < -0.4 is 0 Å². The Kier molecular flexibility index (Phi) is 5.41. The van der Waals surface area contributed by atoms with E-state index < -0.39 is 0 Å². The summed E-state index contributed by atoms with van der Waals surface area (Å²) in [6.07, 6.45) is 1.96. The van der Waals surface area contributed by atoms with E-state index in [1.165, 1.54) is 0 Å². The van der Waals surface area contributed by atoms with Crippen LogP contribution in [0, 0.1) is 5.92 Å². The highest BCUT2D eigenvalue weighted by atomic mass is 16.5. The van der Waals surface area contributed by atoms with Crippen LogP contribution in [0.2, 0.25) is 0 Å². The number of hydrogen-bond donors (Lipinski definition) is 0. The Hall–Kier alpha value is -0.650. The molecule has 4 atom stereocenters. The van der Waals surface area contributed by atoms with E-state index in [1.807, 2.05) is 11.8 Å². The predicted molar refractivity (Wildman–Crippen MR) is 77.6 cm³/mol. The van der Waals surface area contributed by atoms with Gasteiger partial charge in [-0.15, -0.1) is 0 Å². The number of carbonyl (C=O) groups excluding carboxylic acids is 1. The molecule has 2 aliphatic rings. The van der Waals surface area contributed by atoms with Crippen LogP contribution in [-0.4, -0.2) is 74.4 Å². The number of nitrogens with zero attached hydrogens (tertiary/aromatic N) is 2. The van der Waals surface area contributed by atoms with Crippen molar-refractivity contribution in [3.63, 3.8) is 0 Å². The quantitative estimate of drug-likeness (QED) is 0.755. The molecule has 0 spiro atoms. The second kappa shape index (κ2) is 6.87. The Balaban J connectivity index is 1.78. The van der Waals surface area contributed by atoms with E-state index in [0.29, 0.717) is 18.6 Å². The van der Waals surface area contributed by atoms with Gasteiger partial charge in [-0.1, -0.05) is 6.92 Å². The molecule has 2 aliphatic heterocycles. The highest BCUT2D eigenvalue weighted by molar-refractivity contribution is 5.80. The first-order valence-electron chi connectivity index (χ1n) is 7.67. The van der Waals surface area contributed by atoms with Crippen LogP contribution in [0.4, 0.5) is 0 Å². The maximum absolute atomic E-state index is 12.4. The van der Waals surface area contributed by atoms with Gasteiger partial charge < -0.3 is 19.3 Å². The minimum atomic E-state index is -0.368. The van der Waals surface area contributed by atoms with Crippen LogP contribution in [0.1, 0.15) is 26.7 Å². The fourth-order valence-electron chi connectivity index (χ4n) is 3.16. The molecule has 0 aromatic carbocycles. The largest absolute Gasteiger partial charge is 0.376 e. The molecule has 2 saturated heterocycles. The normalized spacial score (nSPS) is 32.0. The van der Waals surface area contributed by atoms with Crippen LogP contribution >= 0.6 is 0 Å². The first kappa shape index (κ1) is 15.7. The van der Waals surface area contributed by atoms with Gasteiger partial charge in [0.15, 0.2) is 0 Å². The molecule has 116 valence electrons. The minimum absolute atomic E-state index is 0.110. The summed E-state index contributed by atoms with van der Waals surface area (Å²) >= 11 is 0. The Morgan fingerprint density at radius 2 is 2.20 bits per heavy atom. The Labute approximate surface area is 122 Å². The number of rotatable bonds is 5. The molecule has 0 radical (unpaired) electrons. The van der Waals surface area contributed by atoms with Crippen molar-refractivity contribution < 1.29 is 14.3 Å². The topological polar surface area (TPSA) is 42.0 Å². The molecular formula is C15H28N2O3. The number of hydrogen-bond acceptors (Lipinski definition) is 4. The first-order valence-corrected chi connectivity index (χ1v) is 7.67. The lowest BCUT2D eigenvalue weighted by molar-refractivity contribution is -0.143. The molecule has 0 aromatic heterocycles. The summed E-state index contributed by atoms with van der Waals surface area (Å²) in [4.78, 5) is 16.5. The number of carbonyl (C=O) groups is 1. The minimum Gasteiger partial charge on any atom is -0.376 e. The lowest BCUT2D eigenvalue weighted by Gasteiger charge is -2.24. The van der Waals surface area contributed by atoms with E-state index >= 15 is 0 Å². The van der Waals surface area contributed by atoms with Crippen LogP contribution in [0.3, 0.4) is 0 Å². The molecule has 5 nitrogen and oxygen atoms in total. The second-order valence-electron chi connectivity index (χ2n) is 6.36. The van der Waals surface area contributed by atoms with E-state index in [-0.39, 0.29) is 18.1 Å². The lowest BCUT2D eigenvalue weighted by Crippen LogP contribution is -2.40. The average molecular weight is 284 g/mol. The fraction of sp³-hybridized carbons (Fsp3) is 0.933. The maximum Gasteiger partial charge on any atom is 0.251 e. The van der Waals surface area contributed by atoms with Gasteiger partial charge in [0.05, 0.1) is 12.7 Å². The molecule has 5 heteroatoms. The zero-order valence-corrected chi connectivity index (χ0v) is 13.2. The lowest BCUT2D eigenvalue weighted by atomic mass is 10.1. The first-order chi connectivity index (χ1) is 9.49. The molecule has 0 N–H and O–H groups in total. The van der Waals surface area contributed by atoms with Crippen molar-refractivity contribution in [1.82, 2.24) is 9.80 Å². The van der Waals surface area contributed by atoms with Crippen molar-refractivity contribution in [2.45, 2.75) is 44.9 Å². The number of ether oxygens (including phenoxy) is 2. The average Bonchev–Trinajstić information content (AvgIpc) is 3.04. The summed E-state index contributed by atoms with van der Waals surface area (Å²) in [5.41, 5.74) is 0. The predicted octanol–water partition coefficient (Wildman–Crippen LogP) is 0.979. The zero-order valence-electron chi connectivity index (χ0n) is 13.2. The summed E-state index contributed by atoms with van der Waals surface area (Å²) in [5.74, 6) is 0.624. The molecule has 2 rings (SSSR count). The van der Waals surface area contributed by atoms with Gasteiger partial charge in [0.25, 0.3) is 5.91 Å². The highest BCUT2D eigenvalue weighted by Gasteiger charge is 2.35. The van der Waals surface area contributed by atoms with Crippen LogP contribution in [-0.2, 0) is 14.3 Å². The molecule has 4 unspecified atom stereocenters. The summed E-state index contributed by atoms with van der Waals surface area (Å²) < 4.78 is 11.2. The third-order valence-electron chi connectivity index (χ3n) is 4.45. The zero-order chi connectivity index (χ0) is 14.7. The summed E-state index contributed by atoms with van der Waals surface area (Å²) in [7, 11) is 4.15. The fourth-order valence-corrected chi connectivity index (χ4v) is 3.16.